The molecule has 1 unspecified atom stereocenters. The molecule has 1 aromatic heterocycles. The molecule has 78 valence electrons. The molecule has 1 atom stereocenters. The van der Waals surface area contributed by atoms with Gasteiger partial charge < -0.3 is 5.73 Å². The van der Waals surface area contributed by atoms with Gasteiger partial charge >= 0.3 is 0 Å². The maximum Gasteiger partial charge on any atom is 0.180 e. The molecular weight excluding hydrogens is 220 g/mol. The van der Waals surface area contributed by atoms with Crippen molar-refractivity contribution in [2.24, 2.45) is 0 Å². The zero-order valence-corrected chi connectivity index (χ0v) is 9.27. The Hall–Kier alpha value is -0.620. The number of nitrogens with two attached hydrogens (primary N) is 1. The summed E-state index contributed by atoms with van der Waals surface area (Å²) in [5.74, 6) is 0.704. The van der Waals surface area contributed by atoms with E-state index in [0.29, 0.717) is 10.9 Å². The minimum Gasteiger partial charge on any atom is -0.375 e. The Morgan fingerprint density at radius 2 is 2.36 bits per heavy atom. The Balaban J connectivity index is 2.20. The van der Waals surface area contributed by atoms with Crippen LogP contribution in [0.4, 0.5) is 5.13 Å². The third kappa shape index (κ3) is 2.06. The first-order chi connectivity index (χ1) is 6.57. The quantitative estimate of drug-likeness (QED) is 0.784. The zero-order valence-electron chi connectivity index (χ0n) is 7.64. The van der Waals surface area contributed by atoms with E-state index in [1.54, 1.807) is 6.20 Å². The Bertz CT molecular complexity index is 424. The smallest absolute Gasteiger partial charge is 0.180 e. The SMILES string of the molecule is Nc1ncc(C2CCCS(=O)(=O)C2)s1. The molecule has 0 saturated carbocycles. The second-order valence-corrected chi connectivity index (χ2v) is 6.88. The van der Waals surface area contributed by atoms with Gasteiger partial charge in [0.2, 0.25) is 0 Å². The van der Waals surface area contributed by atoms with Gasteiger partial charge in [-0.05, 0) is 12.8 Å². The maximum atomic E-state index is 11.4. The lowest BCUT2D eigenvalue weighted by atomic mass is 10.0. The topological polar surface area (TPSA) is 73.0 Å². The summed E-state index contributed by atoms with van der Waals surface area (Å²) >= 11 is 1.40. The van der Waals surface area contributed by atoms with Crippen molar-refractivity contribution in [3.63, 3.8) is 0 Å². The van der Waals surface area contributed by atoms with E-state index in [-0.39, 0.29) is 11.7 Å². The van der Waals surface area contributed by atoms with Crippen LogP contribution in [0.5, 0.6) is 0 Å². The number of rotatable bonds is 1. The van der Waals surface area contributed by atoms with Crippen molar-refractivity contribution in [3.05, 3.63) is 11.1 Å². The van der Waals surface area contributed by atoms with Crippen molar-refractivity contribution < 1.29 is 8.42 Å². The molecule has 6 heteroatoms. The van der Waals surface area contributed by atoms with E-state index in [9.17, 15) is 8.42 Å². The Morgan fingerprint density at radius 1 is 1.57 bits per heavy atom. The molecule has 0 bridgehead atoms. The average molecular weight is 232 g/mol. The van der Waals surface area contributed by atoms with Gasteiger partial charge in [0.1, 0.15) is 0 Å². The summed E-state index contributed by atoms with van der Waals surface area (Å²) in [5, 5.41) is 0.517. The number of nitrogens with zero attached hydrogens (tertiary/aromatic N) is 1. The molecule has 0 aromatic carbocycles. The van der Waals surface area contributed by atoms with Crippen LogP contribution in [-0.4, -0.2) is 24.9 Å². The predicted molar refractivity (Wildman–Crippen MR) is 57.2 cm³/mol. The van der Waals surface area contributed by atoms with Gasteiger partial charge in [0, 0.05) is 17.0 Å². The molecule has 14 heavy (non-hydrogen) atoms. The van der Waals surface area contributed by atoms with Crippen LogP contribution in [0.25, 0.3) is 0 Å². The van der Waals surface area contributed by atoms with Crippen LogP contribution >= 0.6 is 11.3 Å². The number of hydrogen-bond acceptors (Lipinski definition) is 5. The van der Waals surface area contributed by atoms with Crippen LogP contribution in [0.3, 0.4) is 0 Å². The number of hydrogen-bond donors (Lipinski definition) is 1. The molecule has 1 fully saturated rings. The van der Waals surface area contributed by atoms with Gasteiger partial charge in [-0.1, -0.05) is 0 Å². The number of thiazole rings is 1. The van der Waals surface area contributed by atoms with E-state index in [1.807, 2.05) is 0 Å². The van der Waals surface area contributed by atoms with Crippen LogP contribution in [0, 0.1) is 0 Å². The predicted octanol–water partition coefficient (Wildman–Crippen LogP) is 1.02. The van der Waals surface area contributed by atoms with Crippen molar-refractivity contribution in [1.29, 1.82) is 0 Å². The Labute approximate surface area is 87.1 Å². The number of anilines is 1. The van der Waals surface area contributed by atoms with Crippen LogP contribution < -0.4 is 5.73 Å². The molecule has 1 aromatic rings. The lowest BCUT2D eigenvalue weighted by Crippen LogP contribution is -2.23. The third-order valence-electron chi connectivity index (χ3n) is 2.41. The summed E-state index contributed by atoms with van der Waals surface area (Å²) in [7, 11) is -2.83. The lowest BCUT2D eigenvalue weighted by molar-refractivity contribution is 0.556. The summed E-state index contributed by atoms with van der Waals surface area (Å²) in [4.78, 5) is 4.95. The van der Waals surface area contributed by atoms with Gasteiger partial charge in [0.15, 0.2) is 15.0 Å². The van der Waals surface area contributed by atoms with Gasteiger partial charge in [-0.2, -0.15) is 0 Å². The second kappa shape index (κ2) is 3.51. The van der Waals surface area contributed by atoms with E-state index in [0.717, 1.165) is 17.7 Å². The molecule has 0 amide bonds. The summed E-state index contributed by atoms with van der Waals surface area (Å²) in [6, 6.07) is 0. The summed E-state index contributed by atoms with van der Waals surface area (Å²) < 4.78 is 22.8. The zero-order chi connectivity index (χ0) is 10.2. The number of nitrogen functional groups attached to an aromatic ring is 1. The van der Waals surface area contributed by atoms with Crippen molar-refractivity contribution in [2.45, 2.75) is 18.8 Å². The molecule has 0 aliphatic carbocycles. The molecule has 1 aliphatic rings. The van der Waals surface area contributed by atoms with Gasteiger partial charge in [-0.15, -0.1) is 11.3 Å². The van der Waals surface area contributed by atoms with E-state index >= 15 is 0 Å². The van der Waals surface area contributed by atoms with Crippen molar-refractivity contribution in [1.82, 2.24) is 4.98 Å². The van der Waals surface area contributed by atoms with Crippen LogP contribution in [0.15, 0.2) is 6.20 Å². The first kappa shape index (κ1) is 9.92. The van der Waals surface area contributed by atoms with Gasteiger partial charge in [0.25, 0.3) is 0 Å². The molecule has 4 nitrogen and oxygen atoms in total. The first-order valence-electron chi connectivity index (χ1n) is 4.48. The third-order valence-corrected chi connectivity index (χ3v) is 5.22. The molecule has 1 aliphatic heterocycles. The molecular formula is C8H12N2O2S2. The van der Waals surface area contributed by atoms with Crippen molar-refractivity contribution in [3.8, 4) is 0 Å². The van der Waals surface area contributed by atoms with Gasteiger partial charge in [-0.25, -0.2) is 13.4 Å². The molecule has 0 spiro atoms. The monoisotopic (exact) mass is 232 g/mol. The normalized spacial score (nSPS) is 26.1. The molecule has 2 heterocycles. The second-order valence-electron chi connectivity index (χ2n) is 3.55. The van der Waals surface area contributed by atoms with Crippen LogP contribution in [0.1, 0.15) is 23.6 Å². The highest BCUT2D eigenvalue weighted by molar-refractivity contribution is 7.91. The molecule has 2 rings (SSSR count). The highest BCUT2D eigenvalue weighted by Gasteiger charge is 2.27. The molecule has 2 N–H and O–H groups in total. The largest absolute Gasteiger partial charge is 0.375 e. The lowest BCUT2D eigenvalue weighted by Gasteiger charge is -2.19. The molecule has 1 saturated heterocycles. The fourth-order valence-electron chi connectivity index (χ4n) is 1.74. The van der Waals surface area contributed by atoms with E-state index < -0.39 is 9.84 Å². The fraction of sp³-hybridized carbons (Fsp3) is 0.625. The minimum atomic E-state index is -2.83. The summed E-state index contributed by atoms with van der Waals surface area (Å²) in [6.45, 7) is 0. The number of sulfone groups is 1. The number of aromatic nitrogens is 1. The van der Waals surface area contributed by atoms with Crippen molar-refractivity contribution in [2.75, 3.05) is 17.2 Å². The highest BCUT2D eigenvalue weighted by Crippen LogP contribution is 2.32. The van der Waals surface area contributed by atoms with Crippen LogP contribution in [0.2, 0.25) is 0 Å². The molecule has 0 radical (unpaired) electrons. The minimum absolute atomic E-state index is 0.114. The van der Waals surface area contributed by atoms with E-state index in [2.05, 4.69) is 4.98 Å². The first-order valence-corrected chi connectivity index (χ1v) is 7.12. The van der Waals surface area contributed by atoms with Crippen LogP contribution in [-0.2, 0) is 9.84 Å². The highest BCUT2D eigenvalue weighted by atomic mass is 32.2. The van der Waals surface area contributed by atoms with Gasteiger partial charge in [0.05, 0.1) is 11.5 Å². The average Bonchev–Trinajstić information content (AvgIpc) is 2.50. The summed E-state index contributed by atoms with van der Waals surface area (Å²) in [5.41, 5.74) is 5.51. The standard InChI is InChI=1S/C8H12N2O2S2/c9-8-10-4-7(13-8)6-2-1-3-14(11,12)5-6/h4,6H,1-3,5H2,(H2,9,10). The maximum absolute atomic E-state index is 11.4. The van der Waals surface area contributed by atoms with Crippen molar-refractivity contribution >= 4 is 26.3 Å². The van der Waals surface area contributed by atoms with E-state index in [4.69, 9.17) is 5.73 Å². The van der Waals surface area contributed by atoms with E-state index in [1.165, 1.54) is 11.3 Å². The van der Waals surface area contributed by atoms with Gasteiger partial charge in [-0.3, -0.25) is 0 Å². The summed E-state index contributed by atoms with van der Waals surface area (Å²) in [6.07, 6.45) is 3.39. The fourth-order valence-corrected chi connectivity index (χ4v) is 4.39. The Morgan fingerprint density at radius 3 is 2.93 bits per heavy atom. The Kier molecular flexibility index (Phi) is 2.48.